The van der Waals surface area contributed by atoms with Crippen LogP contribution in [0.2, 0.25) is 0 Å². The van der Waals surface area contributed by atoms with Crippen molar-refractivity contribution >= 4 is 5.91 Å². The van der Waals surface area contributed by atoms with Crippen molar-refractivity contribution in [3.63, 3.8) is 0 Å². The Labute approximate surface area is 164 Å². The summed E-state index contributed by atoms with van der Waals surface area (Å²) in [6, 6.07) is 6.26. The Kier molecular flexibility index (Phi) is 6.11. The van der Waals surface area contributed by atoms with Crippen molar-refractivity contribution in [2.75, 3.05) is 19.7 Å². The zero-order valence-corrected chi connectivity index (χ0v) is 15.5. The largest absolute Gasteiger partial charge is 0.491 e. The molecule has 2 heterocycles. The Bertz CT molecular complexity index is 838. The zero-order valence-electron chi connectivity index (χ0n) is 15.5. The smallest absolute Gasteiger partial charge is 0.435 e. The lowest BCUT2D eigenvalue weighted by Crippen LogP contribution is -2.39. The molecular weight excluding hydrogens is 394 g/mol. The molecule has 0 radical (unpaired) electrons. The Hall–Kier alpha value is -2.62. The lowest BCUT2D eigenvalue weighted by Gasteiger charge is -2.27. The minimum Gasteiger partial charge on any atom is -0.491 e. The molecule has 0 unspecified atom stereocenters. The van der Waals surface area contributed by atoms with Crippen LogP contribution in [0.5, 0.6) is 5.75 Å². The molecule has 2 aromatic rings. The summed E-state index contributed by atoms with van der Waals surface area (Å²) in [5.74, 6) is -0.332. The van der Waals surface area contributed by atoms with Crippen molar-refractivity contribution in [3.8, 4) is 5.75 Å². The van der Waals surface area contributed by atoms with Gasteiger partial charge in [-0.05, 0) is 49.6 Å². The second-order valence-corrected chi connectivity index (χ2v) is 7.10. The number of hydrogen-bond donors (Lipinski definition) is 1. The van der Waals surface area contributed by atoms with Crippen molar-refractivity contribution < 1.29 is 32.2 Å². The van der Waals surface area contributed by atoms with E-state index in [-0.39, 0.29) is 37.8 Å². The molecule has 0 aliphatic carbocycles. The summed E-state index contributed by atoms with van der Waals surface area (Å²) in [5.41, 5.74) is -2.20. The van der Waals surface area contributed by atoms with Gasteiger partial charge in [0.15, 0.2) is 5.69 Å². The van der Waals surface area contributed by atoms with Crippen molar-refractivity contribution in [2.24, 2.45) is 0 Å². The van der Waals surface area contributed by atoms with E-state index in [2.05, 4.69) is 5.10 Å². The Morgan fingerprint density at radius 2 is 1.90 bits per heavy atom. The summed E-state index contributed by atoms with van der Waals surface area (Å²) >= 11 is 0. The summed E-state index contributed by atoms with van der Waals surface area (Å²) < 4.78 is 57.3. The van der Waals surface area contributed by atoms with Gasteiger partial charge < -0.3 is 14.7 Å². The van der Waals surface area contributed by atoms with E-state index in [0.717, 1.165) is 16.9 Å². The summed E-state index contributed by atoms with van der Waals surface area (Å²) in [5, 5.41) is 14.2. The highest BCUT2D eigenvalue weighted by atomic mass is 19.4. The number of likely N-dealkylation sites (tertiary alicyclic amines) is 1. The van der Waals surface area contributed by atoms with Crippen LogP contribution in [-0.4, -0.2) is 51.0 Å². The molecule has 1 aromatic carbocycles. The maximum atomic E-state index is 12.9. The number of rotatable bonds is 5. The van der Waals surface area contributed by atoms with Gasteiger partial charge in [-0.3, -0.25) is 9.48 Å². The van der Waals surface area contributed by atoms with Crippen molar-refractivity contribution in [3.05, 3.63) is 48.0 Å². The van der Waals surface area contributed by atoms with Gasteiger partial charge in [0, 0.05) is 19.3 Å². The lowest BCUT2D eigenvalue weighted by atomic mass is 9.96. The van der Waals surface area contributed by atoms with Gasteiger partial charge in [0.25, 0.3) is 0 Å². The SMILES string of the molecule is O=C(Cn1ccc(C(F)(F)F)n1)N1CCC[C@@](O)(COc2ccc(F)cc2)CC1. The molecule has 1 atom stereocenters. The number of ether oxygens (including phenoxy) is 1. The summed E-state index contributed by atoms with van der Waals surface area (Å²) in [6.07, 6.45) is -2.27. The number of aromatic nitrogens is 2. The normalized spacial score (nSPS) is 20.4. The third-order valence-electron chi connectivity index (χ3n) is 4.82. The molecule has 0 saturated carbocycles. The van der Waals surface area contributed by atoms with Crippen LogP contribution in [0.3, 0.4) is 0 Å². The van der Waals surface area contributed by atoms with Crippen LogP contribution in [0.4, 0.5) is 17.6 Å². The van der Waals surface area contributed by atoms with E-state index in [0.29, 0.717) is 25.1 Å². The van der Waals surface area contributed by atoms with E-state index < -0.39 is 17.5 Å². The van der Waals surface area contributed by atoms with Gasteiger partial charge in [-0.2, -0.15) is 18.3 Å². The maximum absolute atomic E-state index is 12.9. The number of alkyl halides is 3. The summed E-state index contributed by atoms with van der Waals surface area (Å²) in [4.78, 5) is 13.9. The van der Waals surface area contributed by atoms with Crippen molar-refractivity contribution in [1.29, 1.82) is 0 Å². The van der Waals surface area contributed by atoms with Crippen LogP contribution in [0.15, 0.2) is 36.5 Å². The Morgan fingerprint density at radius 3 is 2.55 bits per heavy atom. The van der Waals surface area contributed by atoms with Crippen LogP contribution < -0.4 is 4.74 Å². The highest BCUT2D eigenvalue weighted by Gasteiger charge is 2.35. The number of benzene rings is 1. The lowest BCUT2D eigenvalue weighted by molar-refractivity contribution is -0.142. The van der Waals surface area contributed by atoms with Gasteiger partial charge in [-0.15, -0.1) is 0 Å². The van der Waals surface area contributed by atoms with E-state index in [1.165, 1.54) is 29.2 Å². The number of nitrogens with zero attached hydrogens (tertiary/aromatic N) is 3. The molecule has 6 nitrogen and oxygen atoms in total. The van der Waals surface area contributed by atoms with Crippen molar-refractivity contribution in [2.45, 2.75) is 37.6 Å². The maximum Gasteiger partial charge on any atom is 0.435 e. The highest BCUT2D eigenvalue weighted by molar-refractivity contribution is 5.75. The molecule has 1 saturated heterocycles. The third-order valence-corrected chi connectivity index (χ3v) is 4.82. The van der Waals surface area contributed by atoms with Crippen LogP contribution in [-0.2, 0) is 17.5 Å². The molecule has 1 fully saturated rings. The first-order valence-corrected chi connectivity index (χ1v) is 9.14. The van der Waals surface area contributed by atoms with Gasteiger partial charge in [0.1, 0.15) is 30.3 Å². The second-order valence-electron chi connectivity index (χ2n) is 7.10. The highest BCUT2D eigenvalue weighted by Crippen LogP contribution is 2.27. The first-order chi connectivity index (χ1) is 13.6. The average molecular weight is 415 g/mol. The van der Waals surface area contributed by atoms with Gasteiger partial charge in [-0.1, -0.05) is 0 Å². The first kappa shape index (κ1) is 21.1. The fraction of sp³-hybridized carbons (Fsp3) is 0.474. The van der Waals surface area contributed by atoms with E-state index in [9.17, 15) is 27.5 Å². The summed E-state index contributed by atoms with van der Waals surface area (Å²) in [7, 11) is 0. The quantitative estimate of drug-likeness (QED) is 0.763. The average Bonchev–Trinajstić information content (AvgIpc) is 3.04. The molecule has 1 amide bonds. The molecule has 1 N–H and O–H groups in total. The fourth-order valence-electron chi connectivity index (χ4n) is 3.16. The molecule has 1 aliphatic rings. The Morgan fingerprint density at radius 1 is 1.17 bits per heavy atom. The van der Waals surface area contributed by atoms with Crippen LogP contribution in [0, 0.1) is 5.82 Å². The monoisotopic (exact) mass is 415 g/mol. The molecule has 0 bridgehead atoms. The summed E-state index contributed by atoms with van der Waals surface area (Å²) in [6.45, 7) is 0.315. The van der Waals surface area contributed by atoms with E-state index in [1.807, 2.05) is 0 Å². The molecule has 10 heteroatoms. The van der Waals surface area contributed by atoms with E-state index >= 15 is 0 Å². The predicted molar refractivity (Wildman–Crippen MR) is 94.5 cm³/mol. The van der Waals surface area contributed by atoms with Gasteiger partial charge >= 0.3 is 6.18 Å². The number of amides is 1. The van der Waals surface area contributed by atoms with Crippen LogP contribution in [0.1, 0.15) is 25.0 Å². The predicted octanol–water partition coefficient (Wildman–Crippen LogP) is 2.86. The number of carbonyl (C=O) groups is 1. The molecule has 29 heavy (non-hydrogen) atoms. The minimum atomic E-state index is -4.56. The number of halogens is 4. The topological polar surface area (TPSA) is 67.6 Å². The molecule has 1 aromatic heterocycles. The number of carbonyl (C=O) groups excluding carboxylic acids is 1. The van der Waals surface area contributed by atoms with Gasteiger partial charge in [0.2, 0.25) is 5.91 Å². The van der Waals surface area contributed by atoms with E-state index in [1.54, 1.807) is 0 Å². The molecule has 158 valence electrons. The standard InChI is InChI=1S/C19H21F4N3O3/c20-14-2-4-15(5-3-14)29-13-18(28)7-1-9-25(11-8-18)17(27)12-26-10-6-16(24-26)19(21,22)23/h2-6,10,28H,1,7-9,11-13H2/t18-/m0/s1. The molecule has 1 aliphatic heterocycles. The fourth-order valence-corrected chi connectivity index (χ4v) is 3.16. The number of aliphatic hydroxyl groups is 1. The van der Waals surface area contributed by atoms with E-state index in [4.69, 9.17) is 4.74 Å². The molecular formula is C19H21F4N3O3. The minimum absolute atomic E-state index is 0.00520. The van der Waals surface area contributed by atoms with Crippen LogP contribution >= 0.6 is 0 Å². The molecule has 0 spiro atoms. The molecule has 3 rings (SSSR count). The Balaban J connectivity index is 1.53. The van der Waals surface area contributed by atoms with Crippen LogP contribution in [0.25, 0.3) is 0 Å². The third kappa shape index (κ3) is 5.69. The van der Waals surface area contributed by atoms with Gasteiger partial charge in [0.05, 0.1) is 0 Å². The number of hydrogen-bond acceptors (Lipinski definition) is 4. The second kappa shape index (κ2) is 8.40. The van der Waals surface area contributed by atoms with Crippen molar-refractivity contribution in [1.82, 2.24) is 14.7 Å². The first-order valence-electron chi connectivity index (χ1n) is 9.14. The zero-order chi connectivity index (χ0) is 21.1. The van der Waals surface area contributed by atoms with Gasteiger partial charge in [-0.25, -0.2) is 4.39 Å².